The third-order valence-corrected chi connectivity index (χ3v) is 4.58. The zero-order valence-corrected chi connectivity index (χ0v) is 14.8. The SMILES string of the molecule is Fc1ccc(/C(CCc2ccccc2)=C(/N2CCOCC2)C(F)(F)F)cc1. The van der Waals surface area contributed by atoms with Crippen LogP contribution in [0.25, 0.3) is 5.57 Å². The number of rotatable bonds is 5. The number of allylic oxidation sites excluding steroid dienone is 2. The molecule has 0 atom stereocenters. The molecule has 27 heavy (non-hydrogen) atoms. The Morgan fingerprint density at radius 3 is 2.15 bits per heavy atom. The van der Waals surface area contributed by atoms with E-state index < -0.39 is 17.7 Å². The highest BCUT2D eigenvalue weighted by Crippen LogP contribution is 2.37. The van der Waals surface area contributed by atoms with Gasteiger partial charge in [0.25, 0.3) is 0 Å². The molecule has 0 spiro atoms. The Labute approximate surface area is 156 Å². The van der Waals surface area contributed by atoms with E-state index >= 15 is 0 Å². The summed E-state index contributed by atoms with van der Waals surface area (Å²) in [5.41, 5.74) is 0.897. The first-order valence-electron chi connectivity index (χ1n) is 8.88. The average molecular weight is 379 g/mol. The van der Waals surface area contributed by atoms with Crippen LogP contribution >= 0.6 is 0 Å². The maximum atomic E-state index is 14.0. The van der Waals surface area contributed by atoms with Crippen molar-refractivity contribution in [2.75, 3.05) is 26.3 Å². The normalized spacial score (nSPS) is 16.2. The van der Waals surface area contributed by atoms with Gasteiger partial charge in [0.05, 0.1) is 13.2 Å². The Balaban J connectivity index is 2.03. The number of halogens is 4. The average Bonchev–Trinajstić information content (AvgIpc) is 2.66. The molecule has 0 bridgehead atoms. The van der Waals surface area contributed by atoms with E-state index in [-0.39, 0.29) is 38.3 Å². The number of benzene rings is 2. The summed E-state index contributed by atoms with van der Waals surface area (Å²) >= 11 is 0. The van der Waals surface area contributed by atoms with Gasteiger partial charge in [-0.2, -0.15) is 13.2 Å². The number of nitrogens with zero attached hydrogens (tertiary/aromatic N) is 1. The van der Waals surface area contributed by atoms with E-state index in [1.165, 1.54) is 29.2 Å². The molecule has 2 aromatic carbocycles. The van der Waals surface area contributed by atoms with Crippen LogP contribution in [0.3, 0.4) is 0 Å². The summed E-state index contributed by atoms with van der Waals surface area (Å²) in [7, 11) is 0. The number of hydrogen-bond acceptors (Lipinski definition) is 2. The van der Waals surface area contributed by atoms with Gasteiger partial charge >= 0.3 is 6.18 Å². The van der Waals surface area contributed by atoms with Gasteiger partial charge in [-0.3, -0.25) is 0 Å². The third kappa shape index (κ3) is 5.10. The summed E-state index contributed by atoms with van der Waals surface area (Å²) < 4.78 is 60.6. The molecule has 1 heterocycles. The molecule has 0 aliphatic carbocycles. The lowest BCUT2D eigenvalue weighted by Gasteiger charge is -2.34. The maximum Gasteiger partial charge on any atom is 0.431 e. The molecule has 1 fully saturated rings. The fourth-order valence-corrected chi connectivity index (χ4v) is 3.29. The molecular formula is C21H21F4NO. The molecule has 0 saturated carbocycles. The molecule has 2 nitrogen and oxygen atoms in total. The molecule has 0 radical (unpaired) electrons. The van der Waals surface area contributed by atoms with Crippen LogP contribution in [0.2, 0.25) is 0 Å². The van der Waals surface area contributed by atoms with Crippen molar-refractivity contribution in [2.24, 2.45) is 0 Å². The van der Waals surface area contributed by atoms with Crippen LogP contribution in [-0.2, 0) is 11.2 Å². The summed E-state index contributed by atoms with van der Waals surface area (Å²) in [5, 5.41) is 0. The van der Waals surface area contributed by atoms with Gasteiger partial charge in [0, 0.05) is 13.1 Å². The second-order valence-corrected chi connectivity index (χ2v) is 6.42. The van der Waals surface area contributed by atoms with Crippen molar-refractivity contribution < 1.29 is 22.3 Å². The molecule has 2 aromatic rings. The lowest BCUT2D eigenvalue weighted by Crippen LogP contribution is -2.41. The quantitative estimate of drug-likeness (QED) is 0.673. The van der Waals surface area contributed by atoms with Gasteiger partial charge in [0.1, 0.15) is 11.5 Å². The van der Waals surface area contributed by atoms with Crippen molar-refractivity contribution in [3.63, 3.8) is 0 Å². The van der Waals surface area contributed by atoms with Crippen LogP contribution in [0, 0.1) is 5.82 Å². The summed E-state index contributed by atoms with van der Waals surface area (Å²) in [6.07, 6.45) is -3.82. The minimum Gasteiger partial charge on any atom is -0.378 e. The van der Waals surface area contributed by atoms with E-state index in [1.807, 2.05) is 30.3 Å². The molecule has 0 unspecified atom stereocenters. The summed E-state index contributed by atoms with van der Waals surface area (Å²) in [4.78, 5) is 1.34. The summed E-state index contributed by atoms with van der Waals surface area (Å²) in [6, 6.07) is 14.6. The Hall–Kier alpha value is -2.34. The minimum absolute atomic E-state index is 0.185. The van der Waals surface area contributed by atoms with E-state index in [2.05, 4.69) is 0 Å². The number of alkyl halides is 3. The molecule has 144 valence electrons. The van der Waals surface area contributed by atoms with Crippen molar-refractivity contribution in [3.05, 3.63) is 77.2 Å². The Kier molecular flexibility index (Phi) is 6.16. The largest absolute Gasteiger partial charge is 0.431 e. The third-order valence-electron chi connectivity index (χ3n) is 4.58. The number of ether oxygens (including phenoxy) is 1. The number of aryl methyl sites for hydroxylation is 1. The zero-order valence-electron chi connectivity index (χ0n) is 14.8. The zero-order chi connectivity index (χ0) is 19.3. The molecule has 3 rings (SSSR count). The number of morpholine rings is 1. The van der Waals surface area contributed by atoms with Crippen LogP contribution in [0.4, 0.5) is 17.6 Å². The van der Waals surface area contributed by atoms with Crippen LogP contribution < -0.4 is 0 Å². The van der Waals surface area contributed by atoms with E-state index in [0.717, 1.165) is 5.56 Å². The van der Waals surface area contributed by atoms with Gasteiger partial charge in [-0.1, -0.05) is 42.5 Å². The lowest BCUT2D eigenvalue weighted by molar-refractivity contribution is -0.117. The topological polar surface area (TPSA) is 12.5 Å². The Morgan fingerprint density at radius 1 is 0.926 bits per heavy atom. The second kappa shape index (κ2) is 8.57. The standard InChI is InChI=1S/C21H21F4NO/c22-18-9-7-17(8-10-18)19(11-6-16-4-2-1-3-5-16)20(21(23,24)25)26-12-14-27-15-13-26/h1-5,7-10H,6,11-15H2/b20-19+. The molecule has 0 amide bonds. The maximum absolute atomic E-state index is 14.0. The first-order valence-corrected chi connectivity index (χ1v) is 8.88. The van der Waals surface area contributed by atoms with Crippen molar-refractivity contribution in [1.29, 1.82) is 0 Å². The molecular weight excluding hydrogens is 358 g/mol. The van der Waals surface area contributed by atoms with Gasteiger partial charge in [-0.05, 0) is 41.7 Å². The molecule has 1 aliphatic rings. The van der Waals surface area contributed by atoms with Gasteiger partial charge in [-0.25, -0.2) is 4.39 Å². The molecule has 1 saturated heterocycles. The second-order valence-electron chi connectivity index (χ2n) is 6.42. The minimum atomic E-state index is -4.50. The van der Waals surface area contributed by atoms with Gasteiger partial charge in [0.15, 0.2) is 0 Å². The molecule has 6 heteroatoms. The summed E-state index contributed by atoms with van der Waals surface area (Å²) in [6.45, 7) is 0.889. The first-order chi connectivity index (χ1) is 12.9. The fourth-order valence-electron chi connectivity index (χ4n) is 3.29. The number of hydrogen-bond donors (Lipinski definition) is 0. The molecule has 0 N–H and O–H groups in total. The van der Waals surface area contributed by atoms with Crippen LogP contribution in [0.1, 0.15) is 17.5 Å². The highest BCUT2D eigenvalue weighted by molar-refractivity contribution is 5.69. The van der Waals surface area contributed by atoms with Gasteiger partial charge in [-0.15, -0.1) is 0 Å². The Bertz CT molecular complexity index is 763. The van der Waals surface area contributed by atoms with Crippen molar-refractivity contribution >= 4 is 5.57 Å². The van der Waals surface area contributed by atoms with Crippen LogP contribution in [0.5, 0.6) is 0 Å². The molecule has 1 aliphatic heterocycles. The smallest absolute Gasteiger partial charge is 0.378 e. The van der Waals surface area contributed by atoms with Crippen LogP contribution in [0.15, 0.2) is 60.3 Å². The van der Waals surface area contributed by atoms with Crippen molar-refractivity contribution in [3.8, 4) is 0 Å². The van der Waals surface area contributed by atoms with E-state index in [1.54, 1.807) is 0 Å². The highest BCUT2D eigenvalue weighted by Gasteiger charge is 2.40. The van der Waals surface area contributed by atoms with E-state index in [4.69, 9.17) is 4.74 Å². The highest BCUT2D eigenvalue weighted by atomic mass is 19.4. The van der Waals surface area contributed by atoms with Crippen molar-refractivity contribution in [2.45, 2.75) is 19.0 Å². The van der Waals surface area contributed by atoms with Gasteiger partial charge < -0.3 is 9.64 Å². The van der Waals surface area contributed by atoms with Crippen LogP contribution in [-0.4, -0.2) is 37.4 Å². The van der Waals surface area contributed by atoms with E-state index in [9.17, 15) is 17.6 Å². The van der Waals surface area contributed by atoms with E-state index in [0.29, 0.717) is 12.0 Å². The predicted octanol–water partition coefficient (Wildman–Crippen LogP) is 5.06. The molecule has 0 aromatic heterocycles. The van der Waals surface area contributed by atoms with Crippen molar-refractivity contribution in [1.82, 2.24) is 4.90 Å². The first kappa shape index (κ1) is 19.4. The summed E-state index contributed by atoms with van der Waals surface area (Å²) in [5.74, 6) is -0.471. The Morgan fingerprint density at radius 2 is 1.56 bits per heavy atom. The predicted molar refractivity (Wildman–Crippen MR) is 96.5 cm³/mol. The lowest BCUT2D eigenvalue weighted by atomic mass is 9.95. The monoisotopic (exact) mass is 379 g/mol. The fraction of sp³-hybridized carbons (Fsp3) is 0.333. The van der Waals surface area contributed by atoms with Gasteiger partial charge in [0.2, 0.25) is 0 Å².